The average molecular weight is 279 g/mol. The molecule has 2 aromatic rings. The second kappa shape index (κ2) is 4.33. The van der Waals surface area contributed by atoms with Crippen molar-refractivity contribution in [3.05, 3.63) is 57.9 Å². The highest BCUT2D eigenvalue weighted by Gasteiger charge is 2.57. The van der Waals surface area contributed by atoms with Crippen LogP contribution in [-0.4, -0.2) is 10.8 Å². The van der Waals surface area contributed by atoms with Gasteiger partial charge in [0.25, 0.3) is 0 Å². The van der Waals surface area contributed by atoms with Gasteiger partial charge in [0.2, 0.25) is 0 Å². The van der Waals surface area contributed by atoms with Crippen molar-refractivity contribution in [3.8, 4) is 0 Å². The Morgan fingerprint density at radius 1 is 1.14 bits per heavy atom. The van der Waals surface area contributed by atoms with Gasteiger partial charge in [-0.3, -0.25) is 4.79 Å². The van der Waals surface area contributed by atoms with Gasteiger partial charge in [0.15, 0.2) is 5.78 Å². The van der Waals surface area contributed by atoms with Crippen molar-refractivity contribution in [3.63, 3.8) is 0 Å². The minimum absolute atomic E-state index is 0.199. The van der Waals surface area contributed by atoms with Gasteiger partial charge in [-0.25, -0.2) is 0 Å². The van der Waals surface area contributed by atoms with E-state index >= 15 is 0 Å². The summed E-state index contributed by atoms with van der Waals surface area (Å²) in [6.45, 7) is 6.20. The highest BCUT2D eigenvalue weighted by atomic mass is 16.1. The van der Waals surface area contributed by atoms with E-state index < -0.39 is 0 Å². The molecule has 21 heavy (non-hydrogen) atoms. The summed E-state index contributed by atoms with van der Waals surface area (Å²) in [6.07, 6.45) is 2.29. The summed E-state index contributed by atoms with van der Waals surface area (Å²) in [5.41, 5.74) is 7.20. The zero-order valence-corrected chi connectivity index (χ0v) is 12.9. The molecule has 0 amide bonds. The number of nitrogens with one attached hydrogen (secondary N) is 1. The summed E-state index contributed by atoms with van der Waals surface area (Å²) >= 11 is 0. The van der Waals surface area contributed by atoms with E-state index in [0.717, 1.165) is 29.8 Å². The standard InChI is InChI=1S/C19H21NO/c1-10-11(2)18(20-12(10)3)19(21)17-15-9-8-13-6-4-5-7-14(13)16(15)17/h4-7,15-17,20H,8-9H2,1-3H3. The molecule has 2 aliphatic carbocycles. The lowest BCUT2D eigenvalue weighted by atomic mass is 9.92. The number of fused-ring (bicyclic) bond motifs is 3. The van der Waals surface area contributed by atoms with Crippen LogP contribution in [0, 0.1) is 32.6 Å². The van der Waals surface area contributed by atoms with Crippen molar-refractivity contribution in [2.75, 3.05) is 0 Å². The third kappa shape index (κ3) is 1.75. The largest absolute Gasteiger partial charge is 0.356 e. The summed E-state index contributed by atoms with van der Waals surface area (Å²) in [7, 11) is 0. The van der Waals surface area contributed by atoms with Crippen molar-refractivity contribution in [1.82, 2.24) is 4.98 Å². The molecule has 0 spiro atoms. The molecular weight excluding hydrogens is 258 g/mol. The predicted octanol–water partition coefficient (Wildman–Crippen LogP) is 4.10. The van der Waals surface area contributed by atoms with Crippen molar-refractivity contribution in [1.29, 1.82) is 0 Å². The van der Waals surface area contributed by atoms with Crippen LogP contribution in [0.1, 0.15) is 50.8 Å². The Kier molecular flexibility index (Phi) is 2.66. The summed E-state index contributed by atoms with van der Waals surface area (Å²) in [5.74, 6) is 1.56. The first-order valence-corrected chi connectivity index (χ1v) is 7.87. The fourth-order valence-electron chi connectivity index (χ4n) is 4.18. The highest BCUT2D eigenvalue weighted by molar-refractivity contribution is 6.01. The monoisotopic (exact) mass is 279 g/mol. The zero-order valence-electron chi connectivity index (χ0n) is 12.9. The molecule has 108 valence electrons. The Labute approximate surface area is 125 Å². The van der Waals surface area contributed by atoms with Crippen LogP contribution in [0.25, 0.3) is 0 Å². The Balaban J connectivity index is 1.68. The maximum atomic E-state index is 12.9. The quantitative estimate of drug-likeness (QED) is 0.825. The van der Waals surface area contributed by atoms with Crippen molar-refractivity contribution < 1.29 is 4.79 Å². The van der Waals surface area contributed by atoms with E-state index in [9.17, 15) is 4.79 Å². The molecule has 1 aromatic carbocycles. The average Bonchev–Trinajstić information content (AvgIpc) is 3.19. The number of aromatic amines is 1. The summed E-state index contributed by atoms with van der Waals surface area (Å²) in [6, 6.07) is 8.66. The first-order valence-electron chi connectivity index (χ1n) is 7.87. The van der Waals surface area contributed by atoms with Gasteiger partial charge in [-0.05, 0) is 67.7 Å². The van der Waals surface area contributed by atoms with Gasteiger partial charge in [-0.2, -0.15) is 0 Å². The van der Waals surface area contributed by atoms with Gasteiger partial charge in [-0.1, -0.05) is 24.3 Å². The maximum Gasteiger partial charge on any atom is 0.183 e. The van der Waals surface area contributed by atoms with Crippen LogP contribution in [0.4, 0.5) is 0 Å². The second-order valence-corrected chi connectivity index (χ2v) is 6.69. The van der Waals surface area contributed by atoms with Gasteiger partial charge >= 0.3 is 0 Å². The smallest absolute Gasteiger partial charge is 0.183 e. The Morgan fingerprint density at radius 2 is 1.90 bits per heavy atom. The first kappa shape index (κ1) is 12.9. The van der Waals surface area contributed by atoms with E-state index in [1.807, 2.05) is 6.92 Å². The molecule has 1 aromatic heterocycles. The van der Waals surface area contributed by atoms with Crippen LogP contribution in [0.15, 0.2) is 24.3 Å². The summed E-state index contributed by atoms with van der Waals surface area (Å²) < 4.78 is 0. The number of carbonyl (C=O) groups is 1. The number of carbonyl (C=O) groups excluding carboxylic acids is 1. The van der Waals surface area contributed by atoms with Gasteiger partial charge in [0, 0.05) is 11.6 Å². The molecule has 0 bridgehead atoms. The highest BCUT2D eigenvalue weighted by Crippen LogP contribution is 2.60. The fourth-order valence-corrected chi connectivity index (χ4v) is 4.18. The molecule has 1 fully saturated rings. The number of H-pyrrole nitrogens is 1. The van der Waals surface area contributed by atoms with Crippen LogP contribution in [0.3, 0.4) is 0 Å². The third-order valence-corrected chi connectivity index (χ3v) is 5.69. The topological polar surface area (TPSA) is 32.9 Å². The zero-order chi connectivity index (χ0) is 14.7. The molecule has 1 heterocycles. The Hall–Kier alpha value is -1.83. The Bertz CT molecular complexity index is 740. The van der Waals surface area contributed by atoms with E-state index in [2.05, 4.69) is 43.1 Å². The molecule has 2 nitrogen and oxygen atoms in total. The van der Waals surface area contributed by atoms with Crippen LogP contribution < -0.4 is 0 Å². The molecule has 3 atom stereocenters. The number of aromatic nitrogens is 1. The molecule has 1 saturated carbocycles. The lowest BCUT2D eigenvalue weighted by Gasteiger charge is -2.13. The van der Waals surface area contributed by atoms with Gasteiger partial charge < -0.3 is 4.98 Å². The first-order chi connectivity index (χ1) is 10.1. The maximum absolute atomic E-state index is 12.9. The van der Waals surface area contributed by atoms with Gasteiger partial charge in [0.05, 0.1) is 5.69 Å². The summed E-state index contributed by atoms with van der Waals surface area (Å²) in [5, 5.41) is 0. The number of aryl methyl sites for hydroxylation is 2. The molecule has 3 unspecified atom stereocenters. The van der Waals surface area contributed by atoms with E-state index in [4.69, 9.17) is 0 Å². The van der Waals surface area contributed by atoms with Crippen LogP contribution >= 0.6 is 0 Å². The number of benzene rings is 1. The van der Waals surface area contributed by atoms with Gasteiger partial charge in [0.1, 0.15) is 0 Å². The van der Waals surface area contributed by atoms with Crippen LogP contribution in [0.5, 0.6) is 0 Å². The number of hydrogen-bond acceptors (Lipinski definition) is 1. The number of ketones is 1. The molecule has 0 radical (unpaired) electrons. The normalized spacial score (nSPS) is 26.1. The molecule has 4 rings (SSSR count). The lowest BCUT2D eigenvalue weighted by Crippen LogP contribution is -2.06. The minimum atomic E-state index is 0.199. The van der Waals surface area contributed by atoms with Crippen molar-refractivity contribution in [2.24, 2.45) is 11.8 Å². The predicted molar refractivity (Wildman–Crippen MR) is 83.8 cm³/mol. The van der Waals surface area contributed by atoms with E-state index in [-0.39, 0.29) is 5.92 Å². The fraction of sp³-hybridized carbons (Fsp3) is 0.421. The molecule has 2 heteroatoms. The number of Topliss-reactive ketones (excluding diaryl/α,β-unsaturated/α-hetero) is 1. The third-order valence-electron chi connectivity index (χ3n) is 5.69. The van der Waals surface area contributed by atoms with Crippen molar-refractivity contribution in [2.45, 2.75) is 39.5 Å². The van der Waals surface area contributed by atoms with Crippen LogP contribution in [0.2, 0.25) is 0 Å². The number of rotatable bonds is 2. The molecule has 0 aliphatic heterocycles. The SMILES string of the molecule is Cc1[nH]c(C(=O)C2C3CCc4ccccc4C32)c(C)c1C. The van der Waals surface area contributed by atoms with Gasteiger partial charge in [-0.15, -0.1) is 0 Å². The number of hydrogen-bond donors (Lipinski definition) is 1. The van der Waals surface area contributed by atoms with E-state index in [1.165, 1.54) is 16.7 Å². The molecular formula is C19H21NO. The molecule has 2 aliphatic rings. The molecule has 1 N–H and O–H groups in total. The van der Waals surface area contributed by atoms with E-state index in [1.54, 1.807) is 0 Å². The summed E-state index contributed by atoms with van der Waals surface area (Å²) in [4.78, 5) is 16.3. The second-order valence-electron chi connectivity index (χ2n) is 6.69. The minimum Gasteiger partial charge on any atom is -0.356 e. The van der Waals surface area contributed by atoms with Crippen molar-refractivity contribution >= 4 is 5.78 Å². The molecule has 0 saturated heterocycles. The Morgan fingerprint density at radius 3 is 2.62 bits per heavy atom. The lowest BCUT2D eigenvalue weighted by molar-refractivity contribution is 0.0954. The van der Waals surface area contributed by atoms with Crippen LogP contribution in [-0.2, 0) is 6.42 Å². The van der Waals surface area contributed by atoms with E-state index in [0.29, 0.717) is 17.6 Å².